The van der Waals surface area contributed by atoms with Gasteiger partial charge in [-0.05, 0) is 29.7 Å². The van der Waals surface area contributed by atoms with Gasteiger partial charge in [-0.15, -0.1) is 0 Å². The second kappa shape index (κ2) is 8.22. The molecule has 1 atom stereocenters. The van der Waals surface area contributed by atoms with Crippen molar-refractivity contribution >= 4 is 5.91 Å². The van der Waals surface area contributed by atoms with Gasteiger partial charge in [0.1, 0.15) is 0 Å². The first-order valence-corrected chi connectivity index (χ1v) is 8.29. The van der Waals surface area contributed by atoms with E-state index in [0.29, 0.717) is 13.0 Å². The molecule has 0 bridgehead atoms. The van der Waals surface area contributed by atoms with Crippen LogP contribution in [0, 0.1) is 0 Å². The van der Waals surface area contributed by atoms with Crippen molar-refractivity contribution in [1.82, 2.24) is 10.3 Å². The van der Waals surface area contributed by atoms with E-state index in [0.717, 1.165) is 22.4 Å². The molecule has 1 aromatic heterocycles. The van der Waals surface area contributed by atoms with Crippen molar-refractivity contribution in [2.24, 2.45) is 5.73 Å². The second-order valence-corrected chi connectivity index (χ2v) is 5.94. The Morgan fingerprint density at radius 1 is 0.920 bits per heavy atom. The van der Waals surface area contributed by atoms with Crippen molar-refractivity contribution in [1.29, 1.82) is 0 Å². The number of carbonyl (C=O) groups is 1. The first-order chi connectivity index (χ1) is 12.2. The zero-order chi connectivity index (χ0) is 17.5. The lowest BCUT2D eigenvalue weighted by molar-refractivity contribution is -0.120. The van der Waals surface area contributed by atoms with Crippen LogP contribution in [0.3, 0.4) is 0 Å². The molecule has 0 saturated carbocycles. The molecule has 0 aliphatic rings. The van der Waals surface area contributed by atoms with Gasteiger partial charge in [-0.2, -0.15) is 0 Å². The summed E-state index contributed by atoms with van der Waals surface area (Å²) in [5, 5.41) is 3.25. The number of aromatic nitrogens is 1. The lowest BCUT2D eigenvalue weighted by Gasteiger charge is -2.16. The van der Waals surface area contributed by atoms with Gasteiger partial charge < -0.3 is 11.1 Å². The van der Waals surface area contributed by atoms with Crippen molar-refractivity contribution in [3.05, 3.63) is 90.1 Å². The van der Waals surface area contributed by atoms with E-state index in [1.54, 1.807) is 6.20 Å². The predicted octanol–water partition coefficient (Wildman–Crippen LogP) is 2.93. The summed E-state index contributed by atoms with van der Waals surface area (Å²) in [5.41, 5.74) is 9.74. The summed E-state index contributed by atoms with van der Waals surface area (Å²) in [7, 11) is 0. The number of nitrogens with one attached hydrogen (secondary N) is 1. The summed E-state index contributed by atoms with van der Waals surface area (Å²) in [6.07, 6.45) is 2.37. The third-order valence-electron chi connectivity index (χ3n) is 4.09. The summed E-state index contributed by atoms with van der Waals surface area (Å²) < 4.78 is 0. The molecule has 25 heavy (non-hydrogen) atoms. The highest BCUT2D eigenvalue weighted by Gasteiger charge is 2.15. The first-order valence-electron chi connectivity index (χ1n) is 8.29. The summed E-state index contributed by atoms with van der Waals surface area (Å²) in [6.45, 7) is 0.586. The van der Waals surface area contributed by atoms with Crippen LogP contribution < -0.4 is 11.1 Å². The molecule has 3 aromatic rings. The number of nitrogens with zero attached hydrogens (tertiary/aromatic N) is 1. The Balaban J connectivity index is 1.62. The number of benzene rings is 2. The maximum atomic E-state index is 11.7. The van der Waals surface area contributed by atoms with Gasteiger partial charge in [0.05, 0.1) is 11.7 Å². The largest absolute Gasteiger partial charge is 0.368 e. The molecular weight excluding hydrogens is 310 g/mol. The number of hydrogen-bond donors (Lipinski definition) is 2. The van der Waals surface area contributed by atoms with E-state index in [9.17, 15) is 4.79 Å². The number of rotatable bonds is 7. The normalized spacial score (nSPS) is 11.8. The van der Waals surface area contributed by atoms with Crippen molar-refractivity contribution < 1.29 is 4.79 Å². The molecule has 1 heterocycles. The van der Waals surface area contributed by atoms with E-state index in [-0.39, 0.29) is 5.91 Å². The van der Waals surface area contributed by atoms with E-state index in [4.69, 9.17) is 5.73 Å². The van der Waals surface area contributed by atoms with Crippen LogP contribution in [0.25, 0.3) is 11.3 Å². The smallest absolute Gasteiger partial charge is 0.234 e. The van der Waals surface area contributed by atoms with Crippen LogP contribution in [0.4, 0.5) is 0 Å². The van der Waals surface area contributed by atoms with Crippen LogP contribution in [-0.4, -0.2) is 16.9 Å². The Kier molecular flexibility index (Phi) is 5.54. The number of nitrogens with two attached hydrogens (primary N) is 1. The Morgan fingerprint density at radius 2 is 1.64 bits per heavy atom. The number of hydrogen-bond acceptors (Lipinski definition) is 3. The third kappa shape index (κ3) is 4.75. The van der Waals surface area contributed by atoms with Crippen molar-refractivity contribution in [3.63, 3.8) is 0 Å². The fourth-order valence-corrected chi connectivity index (χ4v) is 2.69. The summed E-state index contributed by atoms with van der Waals surface area (Å²) >= 11 is 0. The average molecular weight is 331 g/mol. The van der Waals surface area contributed by atoms with Crippen molar-refractivity contribution in [3.8, 4) is 11.3 Å². The van der Waals surface area contributed by atoms with Crippen LogP contribution in [0.15, 0.2) is 79.0 Å². The van der Waals surface area contributed by atoms with Gasteiger partial charge in [-0.25, -0.2) is 0 Å². The maximum Gasteiger partial charge on any atom is 0.234 e. The summed E-state index contributed by atoms with van der Waals surface area (Å²) in [5.74, 6) is -0.339. The van der Waals surface area contributed by atoms with Crippen LogP contribution in [0.2, 0.25) is 0 Å². The zero-order valence-corrected chi connectivity index (χ0v) is 13.9. The quantitative estimate of drug-likeness (QED) is 0.699. The molecule has 0 aliphatic heterocycles. The lowest BCUT2D eigenvalue weighted by atomic mass is 10.0. The SMILES string of the molecule is NC(=O)[C@H](Cc1ccccc1)NCc1ccc(-c2ccccn2)cc1. The van der Waals surface area contributed by atoms with Gasteiger partial charge >= 0.3 is 0 Å². The van der Waals surface area contributed by atoms with Crippen LogP contribution in [0.1, 0.15) is 11.1 Å². The second-order valence-electron chi connectivity index (χ2n) is 5.94. The van der Waals surface area contributed by atoms with E-state index in [2.05, 4.69) is 10.3 Å². The monoisotopic (exact) mass is 331 g/mol. The first kappa shape index (κ1) is 16.9. The third-order valence-corrected chi connectivity index (χ3v) is 4.09. The molecule has 3 N–H and O–H groups in total. The highest BCUT2D eigenvalue weighted by Crippen LogP contribution is 2.17. The minimum atomic E-state index is -0.391. The Labute approximate surface area is 147 Å². The highest BCUT2D eigenvalue weighted by molar-refractivity contribution is 5.80. The molecule has 4 heteroatoms. The van der Waals surface area contributed by atoms with Crippen LogP contribution >= 0.6 is 0 Å². The molecule has 0 saturated heterocycles. The molecule has 3 rings (SSSR count). The van der Waals surface area contributed by atoms with Gasteiger partial charge in [0.25, 0.3) is 0 Å². The molecule has 0 radical (unpaired) electrons. The fraction of sp³-hybridized carbons (Fsp3) is 0.143. The molecule has 0 spiro atoms. The maximum absolute atomic E-state index is 11.7. The lowest BCUT2D eigenvalue weighted by Crippen LogP contribution is -2.42. The fourth-order valence-electron chi connectivity index (χ4n) is 2.69. The molecule has 0 unspecified atom stereocenters. The molecule has 1 amide bonds. The number of amides is 1. The molecule has 4 nitrogen and oxygen atoms in total. The molecule has 126 valence electrons. The standard InChI is InChI=1S/C21H21N3O/c22-21(25)20(14-16-6-2-1-3-7-16)24-15-17-9-11-18(12-10-17)19-8-4-5-13-23-19/h1-13,20,24H,14-15H2,(H2,22,25)/t20-/m0/s1. The Bertz CT molecular complexity index is 802. The van der Waals surface area contributed by atoms with Gasteiger partial charge in [0, 0.05) is 18.3 Å². The van der Waals surface area contributed by atoms with Gasteiger partial charge in [0.15, 0.2) is 0 Å². The summed E-state index contributed by atoms with van der Waals surface area (Å²) in [6, 6.07) is 23.5. The Hall–Kier alpha value is -2.98. The summed E-state index contributed by atoms with van der Waals surface area (Å²) in [4.78, 5) is 16.1. The van der Waals surface area contributed by atoms with Gasteiger partial charge in [-0.3, -0.25) is 9.78 Å². The number of primary amides is 1. The minimum Gasteiger partial charge on any atom is -0.368 e. The van der Waals surface area contributed by atoms with Crippen molar-refractivity contribution in [2.75, 3.05) is 0 Å². The van der Waals surface area contributed by atoms with Crippen molar-refractivity contribution in [2.45, 2.75) is 19.0 Å². The molecule has 2 aromatic carbocycles. The average Bonchev–Trinajstić information content (AvgIpc) is 2.67. The molecular formula is C21H21N3O. The van der Waals surface area contributed by atoms with E-state index in [1.165, 1.54) is 0 Å². The number of pyridine rings is 1. The Morgan fingerprint density at radius 3 is 2.28 bits per heavy atom. The van der Waals surface area contributed by atoms with E-state index >= 15 is 0 Å². The van der Waals surface area contributed by atoms with Gasteiger partial charge in [-0.1, -0.05) is 60.7 Å². The molecule has 0 fully saturated rings. The van der Waals surface area contributed by atoms with Crippen LogP contribution in [-0.2, 0) is 17.8 Å². The zero-order valence-electron chi connectivity index (χ0n) is 13.9. The van der Waals surface area contributed by atoms with Crippen LogP contribution in [0.5, 0.6) is 0 Å². The highest BCUT2D eigenvalue weighted by atomic mass is 16.1. The molecule has 0 aliphatic carbocycles. The predicted molar refractivity (Wildman–Crippen MR) is 99.6 cm³/mol. The number of carbonyl (C=O) groups excluding carboxylic acids is 1. The topological polar surface area (TPSA) is 68.0 Å². The van der Waals surface area contributed by atoms with E-state index < -0.39 is 6.04 Å². The minimum absolute atomic E-state index is 0.339. The van der Waals surface area contributed by atoms with Gasteiger partial charge in [0.2, 0.25) is 5.91 Å². The van der Waals surface area contributed by atoms with E-state index in [1.807, 2.05) is 72.8 Å².